The van der Waals surface area contributed by atoms with E-state index >= 15 is 0 Å². The number of benzene rings is 1. The summed E-state index contributed by atoms with van der Waals surface area (Å²) in [4.78, 5) is 26.0. The van der Waals surface area contributed by atoms with Gasteiger partial charge in [-0.3, -0.25) is 9.69 Å². The summed E-state index contributed by atoms with van der Waals surface area (Å²) in [6.45, 7) is 8.36. The second-order valence-electron chi connectivity index (χ2n) is 10.2. The van der Waals surface area contributed by atoms with Crippen LogP contribution < -0.4 is 4.90 Å². The Morgan fingerprint density at radius 1 is 1.06 bits per heavy atom. The second-order valence-corrected chi connectivity index (χ2v) is 11.6. The molecule has 192 valence electrons. The molecule has 3 fully saturated rings. The molecule has 1 atom stereocenters. The van der Waals surface area contributed by atoms with Crippen LogP contribution in [0.25, 0.3) is 16.2 Å². The number of morpholine rings is 1. The van der Waals surface area contributed by atoms with E-state index in [0.717, 1.165) is 105 Å². The fourth-order valence-electron chi connectivity index (χ4n) is 5.72. The molecular formula is C26H33ClN6O2S. The molecule has 6 rings (SSSR count). The van der Waals surface area contributed by atoms with E-state index in [1.807, 2.05) is 35.0 Å². The van der Waals surface area contributed by atoms with Crippen LogP contribution >= 0.6 is 22.9 Å². The molecule has 1 amide bonds. The minimum atomic E-state index is 0.129. The lowest BCUT2D eigenvalue weighted by Crippen LogP contribution is -2.49. The molecular weight excluding hydrogens is 496 g/mol. The molecule has 36 heavy (non-hydrogen) atoms. The number of carbonyl (C=O) groups is 1. The van der Waals surface area contributed by atoms with Gasteiger partial charge in [-0.2, -0.15) is 0 Å². The first-order valence-electron chi connectivity index (χ1n) is 13.1. The first-order valence-corrected chi connectivity index (χ1v) is 14.3. The number of aromatic nitrogens is 3. The highest BCUT2D eigenvalue weighted by atomic mass is 35.5. The van der Waals surface area contributed by atoms with Gasteiger partial charge in [-0.1, -0.05) is 35.1 Å². The van der Waals surface area contributed by atoms with Crippen molar-refractivity contribution in [2.75, 3.05) is 63.9 Å². The van der Waals surface area contributed by atoms with E-state index in [2.05, 4.69) is 14.7 Å². The third kappa shape index (κ3) is 5.25. The van der Waals surface area contributed by atoms with Crippen molar-refractivity contribution in [3.05, 3.63) is 35.5 Å². The Balaban J connectivity index is 1.03. The Hall–Kier alpha value is -2.20. The van der Waals surface area contributed by atoms with Crippen molar-refractivity contribution in [2.24, 2.45) is 11.8 Å². The van der Waals surface area contributed by atoms with Crippen LogP contribution in [-0.4, -0.2) is 89.3 Å². The minimum Gasteiger partial charge on any atom is -0.379 e. The summed E-state index contributed by atoms with van der Waals surface area (Å²) in [5.74, 6) is 1.08. The molecule has 5 heterocycles. The van der Waals surface area contributed by atoms with Gasteiger partial charge in [0.15, 0.2) is 0 Å². The summed E-state index contributed by atoms with van der Waals surface area (Å²) >= 11 is 7.62. The van der Waals surface area contributed by atoms with E-state index < -0.39 is 0 Å². The topological polar surface area (TPSA) is 66.2 Å². The van der Waals surface area contributed by atoms with Gasteiger partial charge in [0.2, 0.25) is 16.0 Å². The van der Waals surface area contributed by atoms with E-state index in [-0.39, 0.29) is 5.92 Å². The van der Waals surface area contributed by atoms with Crippen molar-refractivity contribution < 1.29 is 9.53 Å². The summed E-state index contributed by atoms with van der Waals surface area (Å²) in [5, 5.41) is 6.49. The number of amides is 1. The zero-order chi connectivity index (χ0) is 24.5. The van der Waals surface area contributed by atoms with Crippen molar-refractivity contribution >= 4 is 38.9 Å². The third-order valence-electron chi connectivity index (χ3n) is 7.74. The summed E-state index contributed by atoms with van der Waals surface area (Å²) in [7, 11) is 0. The van der Waals surface area contributed by atoms with Crippen molar-refractivity contribution in [1.29, 1.82) is 0 Å². The zero-order valence-electron chi connectivity index (χ0n) is 20.5. The van der Waals surface area contributed by atoms with Crippen molar-refractivity contribution in [2.45, 2.75) is 25.7 Å². The smallest absolute Gasteiger partial charge is 0.225 e. The molecule has 10 heteroatoms. The number of piperidine rings is 2. The van der Waals surface area contributed by atoms with Gasteiger partial charge in [0.05, 0.1) is 25.1 Å². The Labute approximate surface area is 220 Å². The average Bonchev–Trinajstić information content (AvgIpc) is 3.49. The number of ether oxygens (including phenoxy) is 1. The Morgan fingerprint density at radius 2 is 1.83 bits per heavy atom. The highest BCUT2D eigenvalue weighted by Crippen LogP contribution is 2.31. The molecule has 0 spiro atoms. The number of anilines is 1. The van der Waals surface area contributed by atoms with E-state index in [1.54, 1.807) is 11.3 Å². The number of nitrogens with zero attached hydrogens (tertiary/aromatic N) is 6. The van der Waals surface area contributed by atoms with Crippen LogP contribution in [0.15, 0.2) is 30.5 Å². The van der Waals surface area contributed by atoms with E-state index in [1.165, 1.54) is 6.42 Å². The molecule has 3 saturated heterocycles. The first-order chi connectivity index (χ1) is 17.6. The summed E-state index contributed by atoms with van der Waals surface area (Å²) in [6, 6.07) is 7.71. The Morgan fingerprint density at radius 3 is 2.58 bits per heavy atom. The molecule has 1 aromatic carbocycles. The first kappa shape index (κ1) is 24.2. The number of hydrogen-bond donors (Lipinski definition) is 0. The highest BCUT2D eigenvalue weighted by Gasteiger charge is 2.33. The maximum atomic E-state index is 13.4. The quantitative estimate of drug-likeness (QED) is 0.500. The van der Waals surface area contributed by atoms with Crippen LogP contribution in [0.4, 0.5) is 5.13 Å². The molecule has 3 aliphatic heterocycles. The normalized spacial score (nSPS) is 22.4. The number of rotatable bonds is 5. The average molecular weight is 529 g/mol. The predicted octanol–water partition coefficient (Wildman–Crippen LogP) is 3.90. The van der Waals surface area contributed by atoms with Crippen molar-refractivity contribution in [1.82, 2.24) is 24.4 Å². The molecule has 2 aromatic heterocycles. The molecule has 0 saturated carbocycles. The highest BCUT2D eigenvalue weighted by molar-refractivity contribution is 7.20. The van der Waals surface area contributed by atoms with Crippen LogP contribution in [-0.2, 0) is 9.53 Å². The predicted molar refractivity (Wildman–Crippen MR) is 143 cm³/mol. The Kier molecular flexibility index (Phi) is 7.15. The largest absolute Gasteiger partial charge is 0.379 e. The van der Waals surface area contributed by atoms with Crippen molar-refractivity contribution in [3.8, 4) is 11.3 Å². The summed E-state index contributed by atoms with van der Waals surface area (Å²) < 4.78 is 7.35. The lowest BCUT2D eigenvalue weighted by atomic mass is 9.92. The molecule has 0 N–H and O–H groups in total. The maximum absolute atomic E-state index is 13.4. The van der Waals surface area contributed by atoms with Gasteiger partial charge in [0, 0.05) is 62.3 Å². The van der Waals surface area contributed by atoms with Crippen LogP contribution in [0.2, 0.25) is 5.02 Å². The second kappa shape index (κ2) is 10.7. The van der Waals surface area contributed by atoms with Crippen LogP contribution in [0, 0.1) is 11.8 Å². The van der Waals surface area contributed by atoms with Crippen LogP contribution in [0.5, 0.6) is 0 Å². The summed E-state index contributed by atoms with van der Waals surface area (Å²) in [5.41, 5.74) is 1.93. The van der Waals surface area contributed by atoms with Gasteiger partial charge in [0.1, 0.15) is 0 Å². The SMILES string of the molecule is O=C(C1CCN(c2nn3cc(-c4ccc(Cl)cc4)nc3s2)CC1)N1CCCC(CN2CCOCC2)C1. The minimum absolute atomic E-state index is 0.129. The maximum Gasteiger partial charge on any atom is 0.225 e. The fourth-order valence-corrected chi connectivity index (χ4v) is 6.78. The lowest BCUT2D eigenvalue weighted by Gasteiger charge is -2.39. The summed E-state index contributed by atoms with van der Waals surface area (Å²) in [6.07, 6.45) is 6.10. The van der Waals surface area contributed by atoms with Gasteiger partial charge in [0.25, 0.3) is 0 Å². The zero-order valence-corrected chi connectivity index (χ0v) is 22.1. The number of fused-ring (bicyclic) bond motifs is 1. The third-order valence-corrected chi connectivity index (χ3v) is 8.97. The fraction of sp³-hybridized carbons (Fsp3) is 0.577. The van der Waals surface area contributed by atoms with E-state index in [9.17, 15) is 4.79 Å². The van der Waals surface area contributed by atoms with Crippen molar-refractivity contribution in [3.63, 3.8) is 0 Å². The molecule has 1 unspecified atom stereocenters. The Bertz CT molecular complexity index is 1150. The molecule has 0 radical (unpaired) electrons. The van der Waals surface area contributed by atoms with Gasteiger partial charge in [-0.15, -0.1) is 5.10 Å². The van der Waals surface area contributed by atoms with E-state index in [0.29, 0.717) is 11.8 Å². The van der Waals surface area contributed by atoms with E-state index in [4.69, 9.17) is 26.4 Å². The molecule has 8 nitrogen and oxygen atoms in total. The van der Waals surface area contributed by atoms with Crippen LogP contribution in [0.3, 0.4) is 0 Å². The molecule has 3 aliphatic rings. The standard InChI is InChI=1S/C26H33ClN6O2S/c27-22-5-3-20(4-6-22)23-18-33-25(28-23)36-26(29-33)31-10-7-21(8-11-31)24(34)32-9-1-2-19(17-32)16-30-12-14-35-15-13-30/h3-6,18-19,21H,1-2,7-17H2. The lowest BCUT2D eigenvalue weighted by molar-refractivity contribution is -0.138. The molecule has 0 aliphatic carbocycles. The van der Waals surface area contributed by atoms with Gasteiger partial charge >= 0.3 is 0 Å². The number of halogens is 1. The molecule has 0 bridgehead atoms. The number of hydrogen-bond acceptors (Lipinski definition) is 7. The number of likely N-dealkylation sites (tertiary alicyclic amines) is 1. The number of imidazole rings is 1. The van der Waals surface area contributed by atoms with Gasteiger partial charge in [-0.05, 0) is 43.7 Å². The van der Waals surface area contributed by atoms with Gasteiger partial charge in [-0.25, -0.2) is 9.50 Å². The molecule has 3 aromatic rings. The van der Waals surface area contributed by atoms with Crippen LogP contribution in [0.1, 0.15) is 25.7 Å². The van der Waals surface area contributed by atoms with Gasteiger partial charge < -0.3 is 14.5 Å². The number of carbonyl (C=O) groups excluding carboxylic acids is 1. The monoisotopic (exact) mass is 528 g/mol.